The van der Waals surface area contributed by atoms with Crippen molar-refractivity contribution in [1.82, 2.24) is 4.98 Å². The number of carbonyl (C=O) groups excluding carboxylic acids is 1. The number of hydrogen-bond donors (Lipinski definition) is 0. The summed E-state index contributed by atoms with van der Waals surface area (Å²) < 4.78 is 47.1. The van der Waals surface area contributed by atoms with E-state index in [0.29, 0.717) is 5.56 Å². The average Bonchev–Trinajstić information content (AvgIpc) is 2.94. The number of rotatable bonds is 4. The van der Waals surface area contributed by atoms with E-state index in [1.54, 1.807) is 6.92 Å². The van der Waals surface area contributed by atoms with E-state index < -0.39 is 17.7 Å². The first kappa shape index (κ1) is 15.8. The number of ether oxygens (including phenoxy) is 1. The number of oxazole rings is 1. The highest BCUT2D eigenvalue weighted by Crippen LogP contribution is 2.29. The van der Waals surface area contributed by atoms with Gasteiger partial charge in [-0.1, -0.05) is 12.1 Å². The number of esters is 1. The van der Waals surface area contributed by atoms with Crippen molar-refractivity contribution in [3.05, 3.63) is 53.2 Å². The van der Waals surface area contributed by atoms with Crippen LogP contribution in [-0.4, -0.2) is 17.6 Å². The summed E-state index contributed by atoms with van der Waals surface area (Å²) in [6.07, 6.45) is -0.226. The lowest BCUT2D eigenvalue weighted by Crippen LogP contribution is -2.04. The summed E-state index contributed by atoms with van der Waals surface area (Å²) in [6.45, 7) is 1.89. The summed E-state index contributed by atoms with van der Waals surface area (Å²) in [4.78, 5) is 15.3. The van der Waals surface area contributed by atoms with Gasteiger partial charge in [-0.05, 0) is 30.7 Å². The van der Waals surface area contributed by atoms with Crippen LogP contribution in [0.2, 0.25) is 0 Å². The van der Waals surface area contributed by atoms with Crippen molar-refractivity contribution in [1.29, 1.82) is 0 Å². The maximum Gasteiger partial charge on any atom is 0.416 e. The molecule has 116 valence electrons. The average molecular weight is 311 g/mol. The smallest absolute Gasteiger partial charge is 0.416 e. The Hall–Kier alpha value is -2.57. The van der Waals surface area contributed by atoms with Crippen LogP contribution in [0.3, 0.4) is 0 Å². The Morgan fingerprint density at radius 1 is 1.27 bits per heavy atom. The summed E-state index contributed by atoms with van der Waals surface area (Å²) in [7, 11) is 0. The second kappa shape index (κ2) is 6.46. The lowest BCUT2D eigenvalue weighted by molar-refractivity contribution is -0.137. The molecule has 4 nitrogen and oxygen atoms in total. The molecule has 0 aliphatic carbocycles. The number of carbonyl (C=O) groups is 1. The second-order valence-electron chi connectivity index (χ2n) is 4.24. The molecule has 0 saturated carbocycles. The summed E-state index contributed by atoms with van der Waals surface area (Å²) in [5.41, 5.74) is -0.136. The predicted octanol–water partition coefficient (Wildman–Crippen LogP) is 4.04. The monoisotopic (exact) mass is 311 g/mol. The summed E-state index contributed by atoms with van der Waals surface area (Å²) in [5, 5.41) is 0. The Morgan fingerprint density at radius 3 is 2.55 bits per heavy atom. The molecule has 7 heteroatoms. The summed E-state index contributed by atoms with van der Waals surface area (Å²) in [6, 6.07) is 4.63. The first-order chi connectivity index (χ1) is 10.4. The SMILES string of the molecule is CCOC(=O)c1coc(/C=C/c2ccc(C(F)(F)F)cc2)n1. The van der Waals surface area contributed by atoms with Crippen molar-refractivity contribution in [3.8, 4) is 0 Å². The van der Waals surface area contributed by atoms with Gasteiger partial charge in [-0.2, -0.15) is 13.2 Å². The standard InChI is InChI=1S/C15H12F3NO3/c1-2-21-14(20)12-9-22-13(19-12)8-5-10-3-6-11(7-4-10)15(16,17)18/h3-9H,2H2,1H3/b8-5+. The fraction of sp³-hybridized carbons (Fsp3) is 0.200. The van der Waals surface area contributed by atoms with Crippen LogP contribution in [0.25, 0.3) is 12.2 Å². The molecule has 1 aromatic heterocycles. The van der Waals surface area contributed by atoms with E-state index >= 15 is 0 Å². The quantitative estimate of drug-likeness (QED) is 0.800. The topological polar surface area (TPSA) is 52.3 Å². The number of halogens is 3. The molecular formula is C15H12F3NO3. The zero-order valence-electron chi connectivity index (χ0n) is 11.6. The van der Waals surface area contributed by atoms with Gasteiger partial charge in [-0.3, -0.25) is 0 Å². The van der Waals surface area contributed by atoms with Crippen LogP contribution < -0.4 is 0 Å². The summed E-state index contributed by atoms with van der Waals surface area (Å²) >= 11 is 0. The minimum absolute atomic E-state index is 0.0360. The normalized spacial score (nSPS) is 11.8. The number of benzene rings is 1. The third-order valence-electron chi connectivity index (χ3n) is 2.66. The zero-order chi connectivity index (χ0) is 16.2. The molecule has 22 heavy (non-hydrogen) atoms. The molecular weight excluding hydrogens is 299 g/mol. The highest BCUT2D eigenvalue weighted by molar-refractivity contribution is 5.87. The van der Waals surface area contributed by atoms with Crippen LogP contribution >= 0.6 is 0 Å². The lowest BCUT2D eigenvalue weighted by Gasteiger charge is -2.05. The molecule has 0 amide bonds. The van der Waals surface area contributed by atoms with Crippen LogP contribution in [0, 0.1) is 0 Å². The van der Waals surface area contributed by atoms with E-state index in [-0.39, 0.29) is 18.2 Å². The Bertz CT molecular complexity index is 672. The van der Waals surface area contributed by atoms with E-state index in [1.807, 2.05) is 0 Å². The fourth-order valence-electron chi connectivity index (χ4n) is 1.61. The third-order valence-corrected chi connectivity index (χ3v) is 2.66. The van der Waals surface area contributed by atoms with E-state index in [0.717, 1.165) is 18.4 Å². The second-order valence-corrected chi connectivity index (χ2v) is 4.24. The predicted molar refractivity (Wildman–Crippen MR) is 72.8 cm³/mol. The maximum absolute atomic E-state index is 12.4. The van der Waals surface area contributed by atoms with Gasteiger partial charge in [0.15, 0.2) is 5.69 Å². The molecule has 1 aromatic carbocycles. The molecule has 0 bridgehead atoms. The fourth-order valence-corrected chi connectivity index (χ4v) is 1.61. The molecule has 0 aliphatic rings. The van der Waals surface area contributed by atoms with Crippen molar-refractivity contribution >= 4 is 18.1 Å². The molecule has 0 aliphatic heterocycles. The first-order valence-corrected chi connectivity index (χ1v) is 6.38. The molecule has 2 aromatic rings. The van der Waals surface area contributed by atoms with Crippen LogP contribution in [0.5, 0.6) is 0 Å². The maximum atomic E-state index is 12.4. The molecule has 0 atom stereocenters. The van der Waals surface area contributed by atoms with E-state index in [4.69, 9.17) is 9.15 Å². The van der Waals surface area contributed by atoms with Crippen LogP contribution in [0.15, 0.2) is 34.9 Å². The van der Waals surface area contributed by atoms with E-state index in [2.05, 4.69) is 4.98 Å². The Kier molecular flexibility index (Phi) is 4.65. The minimum atomic E-state index is -4.36. The Morgan fingerprint density at radius 2 is 1.95 bits per heavy atom. The van der Waals surface area contributed by atoms with Gasteiger partial charge in [0, 0.05) is 6.08 Å². The molecule has 0 fully saturated rings. The van der Waals surface area contributed by atoms with Crippen molar-refractivity contribution in [3.63, 3.8) is 0 Å². The van der Waals surface area contributed by atoms with Gasteiger partial charge in [0.1, 0.15) is 6.26 Å². The highest BCUT2D eigenvalue weighted by Gasteiger charge is 2.29. The molecule has 1 heterocycles. The Balaban J connectivity index is 2.07. The van der Waals surface area contributed by atoms with E-state index in [9.17, 15) is 18.0 Å². The van der Waals surface area contributed by atoms with E-state index in [1.165, 1.54) is 24.3 Å². The van der Waals surface area contributed by atoms with Crippen LogP contribution in [-0.2, 0) is 10.9 Å². The van der Waals surface area contributed by atoms with Gasteiger partial charge in [0.2, 0.25) is 5.89 Å². The molecule has 0 spiro atoms. The van der Waals surface area contributed by atoms with Gasteiger partial charge in [-0.25, -0.2) is 9.78 Å². The number of aromatic nitrogens is 1. The third kappa shape index (κ3) is 3.97. The van der Waals surface area contributed by atoms with Crippen LogP contribution in [0.4, 0.5) is 13.2 Å². The van der Waals surface area contributed by atoms with Crippen molar-refractivity contribution in [2.45, 2.75) is 13.1 Å². The van der Waals surface area contributed by atoms with Crippen molar-refractivity contribution in [2.75, 3.05) is 6.61 Å². The molecule has 0 saturated heterocycles. The van der Waals surface area contributed by atoms with Gasteiger partial charge < -0.3 is 9.15 Å². The van der Waals surface area contributed by atoms with Crippen molar-refractivity contribution in [2.24, 2.45) is 0 Å². The molecule has 0 N–H and O–H groups in total. The molecule has 0 unspecified atom stereocenters. The van der Waals surface area contributed by atoms with Gasteiger partial charge in [0.05, 0.1) is 12.2 Å². The Labute approximate surface area is 124 Å². The number of alkyl halides is 3. The zero-order valence-corrected chi connectivity index (χ0v) is 11.6. The van der Waals surface area contributed by atoms with Crippen LogP contribution in [0.1, 0.15) is 34.4 Å². The highest BCUT2D eigenvalue weighted by atomic mass is 19.4. The van der Waals surface area contributed by atoms with Gasteiger partial charge in [0.25, 0.3) is 0 Å². The van der Waals surface area contributed by atoms with Gasteiger partial charge >= 0.3 is 12.1 Å². The largest absolute Gasteiger partial charge is 0.461 e. The first-order valence-electron chi connectivity index (χ1n) is 6.38. The van der Waals surface area contributed by atoms with Gasteiger partial charge in [-0.15, -0.1) is 0 Å². The number of nitrogens with zero attached hydrogens (tertiary/aromatic N) is 1. The molecule has 0 radical (unpaired) electrons. The van der Waals surface area contributed by atoms with Crippen molar-refractivity contribution < 1.29 is 27.1 Å². The summed E-state index contributed by atoms with van der Waals surface area (Å²) in [5.74, 6) is -0.441. The molecule has 2 rings (SSSR count). The number of hydrogen-bond acceptors (Lipinski definition) is 4. The minimum Gasteiger partial charge on any atom is -0.461 e. The lowest BCUT2D eigenvalue weighted by atomic mass is 10.1.